The molecule has 0 aromatic heterocycles. The van der Waals surface area contributed by atoms with Gasteiger partial charge < -0.3 is 30.6 Å². The number of carboxylic acids is 3. The Balaban J connectivity index is 0.000000279. The van der Waals surface area contributed by atoms with Gasteiger partial charge in [0.2, 0.25) is 0 Å². The molecule has 0 unspecified atom stereocenters. The van der Waals surface area contributed by atoms with Crippen molar-refractivity contribution in [2.24, 2.45) is 0 Å². The van der Waals surface area contributed by atoms with E-state index in [0.717, 1.165) is 55.8 Å². The van der Waals surface area contributed by atoms with Crippen LogP contribution in [0, 0.1) is 34.6 Å². The standard InChI is InChI=1S/C25H28O3.C15H19NO6/c1-14-6-21(12-19-8-15(2)23(26)16(3)9-19)25(28)22(7-14)13-20-10-17(4)24(27)18(5)11-20;17-13(18)6-9-16(10-7-14(19)20,11-8-15(21)22)12-4-2-1-3-5-12/h6-11,26-28H,12-13H2,1-5H3;1-5H,6-11H2,(H2-,17,18,19,20,21,22). The molecule has 0 atom stereocenters. The molecule has 0 saturated heterocycles. The number of phenols is 2. The Hall–Kier alpha value is -5.35. The predicted molar refractivity (Wildman–Crippen MR) is 191 cm³/mol. The van der Waals surface area contributed by atoms with E-state index >= 15 is 0 Å². The van der Waals surface area contributed by atoms with Crippen LogP contribution >= 0.6 is 0 Å². The van der Waals surface area contributed by atoms with Crippen LogP contribution in [-0.2, 0) is 27.2 Å². The lowest BCUT2D eigenvalue weighted by Crippen LogP contribution is -2.53. The van der Waals surface area contributed by atoms with Gasteiger partial charge in [-0.2, -0.15) is 0 Å². The predicted octanol–water partition coefficient (Wildman–Crippen LogP) is 6.31. The van der Waals surface area contributed by atoms with Crippen LogP contribution < -0.4 is 9.59 Å². The van der Waals surface area contributed by atoms with Gasteiger partial charge in [0.15, 0.2) is 0 Å². The zero-order valence-electron chi connectivity index (χ0n) is 29.3. The number of hydrogen-bond acceptors (Lipinski definition) is 6. The lowest BCUT2D eigenvalue weighted by Gasteiger charge is -2.37. The number of aromatic hydroxyl groups is 2. The summed E-state index contributed by atoms with van der Waals surface area (Å²) in [6.07, 6.45) is 0.614. The maximum atomic E-state index is 13.1. The summed E-state index contributed by atoms with van der Waals surface area (Å²) < 4.78 is 0.0335. The highest BCUT2D eigenvalue weighted by atomic mass is 16.4. The molecule has 4 aromatic carbocycles. The van der Waals surface area contributed by atoms with Crippen molar-refractivity contribution in [3.05, 3.63) is 117 Å². The molecule has 10 nitrogen and oxygen atoms in total. The zero-order valence-corrected chi connectivity index (χ0v) is 29.3. The number of para-hydroxylation sites is 1. The summed E-state index contributed by atoms with van der Waals surface area (Å²) in [4.78, 5) is 32.7. The molecule has 0 aliphatic heterocycles. The van der Waals surface area contributed by atoms with Crippen molar-refractivity contribution in [3.63, 3.8) is 0 Å². The van der Waals surface area contributed by atoms with Gasteiger partial charge in [0, 0.05) is 0 Å². The number of nitrogens with zero attached hydrogens (tertiary/aromatic N) is 1. The number of quaternary nitrogens is 1. The molecule has 0 saturated carbocycles. The Labute approximate surface area is 293 Å². The Bertz CT molecular complexity index is 1660. The first-order valence-electron chi connectivity index (χ1n) is 16.5. The first-order valence-corrected chi connectivity index (χ1v) is 16.5. The fourth-order valence-electron chi connectivity index (χ4n) is 6.32. The van der Waals surface area contributed by atoms with E-state index in [4.69, 9.17) is 15.3 Å². The number of aliphatic carboxylic acids is 3. The first kappa shape index (κ1) is 39.1. The summed E-state index contributed by atoms with van der Waals surface area (Å²) in [5.74, 6) is -2.29. The van der Waals surface area contributed by atoms with Crippen LogP contribution in [0.2, 0.25) is 0 Å². The number of carboxylic acid groups (broad SMARTS) is 3. The van der Waals surface area contributed by atoms with Gasteiger partial charge in [0.05, 0.1) is 38.9 Å². The number of aryl methyl sites for hydroxylation is 5. The third kappa shape index (κ3) is 10.8. The maximum absolute atomic E-state index is 13.1. The van der Waals surface area contributed by atoms with Crippen LogP contribution in [0.3, 0.4) is 0 Å². The van der Waals surface area contributed by atoms with Gasteiger partial charge in [-0.3, -0.25) is 18.9 Å². The van der Waals surface area contributed by atoms with Gasteiger partial charge in [0.25, 0.3) is 0 Å². The summed E-state index contributed by atoms with van der Waals surface area (Å²) in [5, 5.41) is 59.9. The Kier molecular flexibility index (Phi) is 13.6. The van der Waals surface area contributed by atoms with Crippen molar-refractivity contribution in [1.29, 1.82) is 0 Å². The van der Waals surface area contributed by atoms with Crippen molar-refractivity contribution >= 4 is 23.6 Å². The Morgan fingerprint density at radius 3 is 1.24 bits per heavy atom. The molecule has 5 N–H and O–H groups in total. The summed E-state index contributed by atoms with van der Waals surface area (Å²) in [5.41, 5.74) is 8.68. The van der Waals surface area contributed by atoms with Gasteiger partial charge >= 0.3 is 17.9 Å². The number of rotatable bonds is 14. The number of benzene rings is 4. The Morgan fingerprint density at radius 1 is 0.580 bits per heavy atom. The van der Waals surface area contributed by atoms with Gasteiger partial charge in [-0.1, -0.05) is 71.3 Å². The topological polar surface area (TPSA) is 175 Å². The van der Waals surface area contributed by atoms with Crippen LogP contribution in [0.4, 0.5) is 5.69 Å². The van der Waals surface area contributed by atoms with Crippen molar-refractivity contribution in [2.75, 3.05) is 19.6 Å². The first-order chi connectivity index (χ1) is 23.5. The fraction of sp³-hybridized carbons (Fsp3) is 0.325. The van der Waals surface area contributed by atoms with E-state index in [1.165, 1.54) is 0 Å². The summed E-state index contributed by atoms with van der Waals surface area (Å²) >= 11 is 0. The lowest BCUT2D eigenvalue weighted by atomic mass is 9.93. The zero-order chi connectivity index (χ0) is 37.2. The van der Waals surface area contributed by atoms with E-state index in [2.05, 4.69) is 0 Å². The van der Waals surface area contributed by atoms with E-state index in [-0.39, 0.29) is 49.1 Å². The molecule has 0 spiro atoms. The molecule has 10 heteroatoms. The average molecular weight is 686 g/mol. The molecule has 50 heavy (non-hydrogen) atoms. The third-order valence-corrected chi connectivity index (χ3v) is 8.84. The molecule has 0 heterocycles. The van der Waals surface area contributed by atoms with Crippen LogP contribution in [-0.4, -0.2) is 63.1 Å². The van der Waals surface area contributed by atoms with Gasteiger partial charge in [-0.05, 0) is 93.0 Å². The molecular formula is C40H47NO9. The van der Waals surface area contributed by atoms with E-state index in [9.17, 15) is 29.7 Å². The maximum Gasteiger partial charge on any atom is 0.309 e. The highest BCUT2D eigenvalue weighted by molar-refractivity contribution is 5.70. The SMILES string of the molecule is Cc1cc(Cc2cc(C)c(O)c(C)c2)c([O-])c(Cc2cc(C)c(O)c(C)c2)c1.O=C(O)CC[N+](CCC(=O)O)(CCC(=O)O)c1ccccc1. The van der Waals surface area contributed by atoms with Crippen molar-refractivity contribution in [2.45, 2.75) is 66.7 Å². The molecule has 4 rings (SSSR count). The molecule has 0 fully saturated rings. The van der Waals surface area contributed by atoms with Crippen LogP contribution in [0.15, 0.2) is 66.7 Å². The summed E-state index contributed by atoms with van der Waals surface area (Å²) in [6.45, 7) is 9.97. The highest BCUT2D eigenvalue weighted by Crippen LogP contribution is 2.31. The smallest absolute Gasteiger partial charge is 0.309 e. The normalized spacial score (nSPS) is 11.1. The minimum Gasteiger partial charge on any atom is -0.872 e. The van der Waals surface area contributed by atoms with Crippen molar-refractivity contribution in [1.82, 2.24) is 4.48 Å². The van der Waals surface area contributed by atoms with E-state index in [0.29, 0.717) is 24.3 Å². The summed E-state index contributed by atoms with van der Waals surface area (Å²) in [6, 6.07) is 20.5. The van der Waals surface area contributed by atoms with Gasteiger partial charge in [-0.25, -0.2) is 0 Å². The molecule has 0 bridgehead atoms. The monoisotopic (exact) mass is 685 g/mol. The van der Waals surface area contributed by atoms with Crippen LogP contribution in [0.5, 0.6) is 17.2 Å². The van der Waals surface area contributed by atoms with E-state index in [1.54, 1.807) is 30.3 Å². The summed E-state index contributed by atoms with van der Waals surface area (Å²) in [7, 11) is 0. The van der Waals surface area contributed by atoms with Crippen LogP contribution in [0.25, 0.3) is 0 Å². The quantitative estimate of drug-likeness (QED) is 0.0952. The van der Waals surface area contributed by atoms with Gasteiger partial charge in [-0.15, -0.1) is 5.75 Å². The second-order valence-corrected chi connectivity index (χ2v) is 13.0. The largest absolute Gasteiger partial charge is 0.872 e. The number of phenolic OH excluding ortho intramolecular Hbond substituents is 2. The van der Waals surface area contributed by atoms with Crippen molar-refractivity contribution in [3.8, 4) is 17.2 Å². The minimum atomic E-state index is -0.996. The molecule has 0 aliphatic rings. The van der Waals surface area contributed by atoms with E-state index in [1.807, 2.05) is 71.0 Å². The molecule has 0 amide bonds. The van der Waals surface area contributed by atoms with E-state index < -0.39 is 17.9 Å². The minimum absolute atomic E-state index is 0.0335. The number of carbonyl (C=O) groups is 3. The number of hydrogen-bond donors (Lipinski definition) is 5. The van der Waals surface area contributed by atoms with Crippen molar-refractivity contribution < 1.29 is 45.0 Å². The molecule has 0 radical (unpaired) electrons. The second kappa shape index (κ2) is 17.3. The molecule has 0 aliphatic carbocycles. The highest BCUT2D eigenvalue weighted by Gasteiger charge is 2.32. The van der Waals surface area contributed by atoms with Crippen LogP contribution in [0.1, 0.15) is 69.3 Å². The molecule has 266 valence electrons. The lowest BCUT2D eigenvalue weighted by molar-refractivity contribution is -0.270. The third-order valence-electron chi connectivity index (χ3n) is 8.84. The molecule has 4 aromatic rings. The average Bonchev–Trinajstić information content (AvgIpc) is 3.05. The second-order valence-electron chi connectivity index (χ2n) is 13.0. The fourth-order valence-corrected chi connectivity index (χ4v) is 6.32. The molecular weight excluding hydrogens is 638 g/mol. The van der Waals surface area contributed by atoms with Gasteiger partial charge in [0.1, 0.15) is 17.2 Å². The Morgan fingerprint density at radius 2 is 0.920 bits per heavy atom.